The van der Waals surface area contributed by atoms with Crippen molar-refractivity contribution in [3.8, 4) is 28.1 Å². The van der Waals surface area contributed by atoms with Crippen molar-refractivity contribution in [1.29, 1.82) is 0 Å². The van der Waals surface area contributed by atoms with Crippen molar-refractivity contribution >= 4 is 27.8 Å². The molecule has 0 saturated heterocycles. The first-order valence-electron chi connectivity index (χ1n) is 10.9. The largest absolute Gasteiger partial charge is 0.497 e. The van der Waals surface area contributed by atoms with Crippen molar-refractivity contribution in [3.63, 3.8) is 0 Å². The van der Waals surface area contributed by atoms with Gasteiger partial charge in [-0.3, -0.25) is 0 Å². The first-order chi connectivity index (χ1) is 16.8. The Bertz CT molecular complexity index is 1670. The van der Waals surface area contributed by atoms with E-state index in [9.17, 15) is 0 Å². The van der Waals surface area contributed by atoms with Crippen LogP contribution >= 0.6 is 11.3 Å². The summed E-state index contributed by atoms with van der Waals surface area (Å²) in [6, 6.07) is 24.7. The molecule has 0 radical (unpaired) electrons. The summed E-state index contributed by atoms with van der Waals surface area (Å²) in [5.74, 6) is 2.77. The molecule has 6 nitrogen and oxygen atoms in total. The molecule has 0 bridgehead atoms. The van der Waals surface area contributed by atoms with Crippen molar-refractivity contribution in [3.05, 3.63) is 101 Å². The number of hydrogen-bond acceptors (Lipinski definition) is 6. The van der Waals surface area contributed by atoms with E-state index in [1.807, 2.05) is 41.8 Å². The van der Waals surface area contributed by atoms with E-state index in [0.29, 0.717) is 11.7 Å². The Labute approximate surface area is 199 Å². The van der Waals surface area contributed by atoms with E-state index in [-0.39, 0.29) is 5.92 Å². The van der Waals surface area contributed by atoms with Gasteiger partial charge in [-0.2, -0.15) is 0 Å². The van der Waals surface area contributed by atoms with Gasteiger partial charge in [0.1, 0.15) is 17.8 Å². The minimum atomic E-state index is -0.120. The van der Waals surface area contributed by atoms with Gasteiger partial charge < -0.3 is 9.47 Å². The van der Waals surface area contributed by atoms with Crippen LogP contribution in [0.3, 0.4) is 0 Å². The molecule has 3 aromatic carbocycles. The van der Waals surface area contributed by atoms with E-state index >= 15 is 0 Å². The van der Waals surface area contributed by atoms with Gasteiger partial charge in [-0.1, -0.05) is 54.6 Å². The van der Waals surface area contributed by atoms with Gasteiger partial charge in [0.25, 0.3) is 0 Å². The molecule has 7 rings (SSSR count). The number of fused-ring (bicyclic) bond motifs is 6. The maximum Gasteiger partial charge on any atom is 0.228 e. The molecule has 164 valence electrons. The molecule has 0 fully saturated rings. The molecule has 0 aliphatic carbocycles. The summed E-state index contributed by atoms with van der Waals surface area (Å²) in [6.07, 6.45) is 1.68. The van der Waals surface area contributed by atoms with Gasteiger partial charge in [0.15, 0.2) is 11.5 Å². The summed E-state index contributed by atoms with van der Waals surface area (Å²) in [5, 5.41) is 8.92. The van der Waals surface area contributed by atoms with Crippen molar-refractivity contribution < 1.29 is 9.47 Å². The molecule has 0 saturated carbocycles. The van der Waals surface area contributed by atoms with Gasteiger partial charge >= 0.3 is 0 Å². The average molecular weight is 463 g/mol. The van der Waals surface area contributed by atoms with Gasteiger partial charge in [0, 0.05) is 16.9 Å². The molecular formula is C27H18N4O2S. The zero-order valence-corrected chi connectivity index (χ0v) is 19.0. The van der Waals surface area contributed by atoms with Crippen LogP contribution < -0.4 is 9.47 Å². The Kier molecular flexibility index (Phi) is 4.19. The van der Waals surface area contributed by atoms with Crippen LogP contribution in [0.1, 0.15) is 22.6 Å². The van der Waals surface area contributed by atoms with E-state index in [2.05, 4.69) is 41.4 Å². The maximum absolute atomic E-state index is 6.48. The SMILES string of the molecule is COc1ccc([C@H]2c3ccc4ccccc4c3Oc3ncn4nc(-c5cccs5)nc4c32)cc1. The Hall–Kier alpha value is -4.23. The maximum atomic E-state index is 6.48. The van der Waals surface area contributed by atoms with Crippen LogP contribution in [0.4, 0.5) is 0 Å². The standard InChI is InChI=1S/C27H18N4O2S/c1-32-18-11-8-17(9-12-18)22-20-13-10-16-5-2-3-6-19(16)24(20)33-27-23(22)26-29-25(21-7-4-14-34-21)30-31(26)15-28-27/h2-15,22H,1H3/t22-/m0/s1. The van der Waals surface area contributed by atoms with Crippen LogP contribution in [-0.2, 0) is 0 Å². The zero-order chi connectivity index (χ0) is 22.6. The number of ether oxygens (including phenoxy) is 2. The lowest BCUT2D eigenvalue weighted by Gasteiger charge is -2.28. The fourth-order valence-electron chi connectivity index (χ4n) is 4.70. The van der Waals surface area contributed by atoms with Gasteiger partial charge in [-0.15, -0.1) is 16.4 Å². The van der Waals surface area contributed by atoms with Gasteiger partial charge in [0.2, 0.25) is 5.88 Å². The first kappa shape index (κ1) is 19.3. The van der Waals surface area contributed by atoms with Gasteiger partial charge in [-0.25, -0.2) is 14.5 Å². The fraction of sp³-hybridized carbons (Fsp3) is 0.0741. The lowest BCUT2D eigenvalue weighted by molar-refractivity contribution is 0.414. The molecule has 1 atom stereocenters. The Morgan fingerprint density at radius 1 is 0.971 bits per heavy atom. The van der Waals surface area contributed by atoms with Crippen molar-refractivity contribution in [2.24, 2.45) is 0 Å². The van der Waals surface area contributed by atoms with Crippen molar-refractivity contribution in [2.45, 2.75) is 5.92 Å². The molecule has 0 amide bonds. The lowest BCUT2D eigenvalue weighted by Crippen LogP contribution is -2.15. The van der Waals surface area contributed by atoms with Crippen LogP contribution in [-0.4, -0.2) is 26.7 Å². The summed E-state index contributed by atoms with van der Waals surface area (Å²) in [4.78, 5) is 10.6. The topological polar surface area (TPSA) is 61.5 Å². The third kappa shape index (κ3) is 2.84. The second kappa shape index (κ2) is 7.40. The molecule has 1 aliphatic heterocycles. The summed E-state index contributed by atoms with van der Waals surface area (Å²) >= 11 is 1.62. The summed E-state index contributed by atoms with van der Waals surface area (Å²) in [5.41, 5.74) is 3.84. The predicted molar refractivity (Wildman–Crippen MR) is 132 cm³/mol. The second-order valence-electron chi connectivity index (χ2n) is 8.16. The lowest BCUT2D eigenvalue weighted by atomic mass is 9.83. The zero-order valence-electron chi connectivity index (χ0n) is 18.2. The van der Waals surface area contributed by atoms with Crippen molar-refractivity contribution in [1.82, 2.24) is 19.6 Å². The number of benzene rings is 3. The average Bonchev–Trinajstić information content (AvgIpc) is 3.57. The van der Waals surface area contributed by atoms with Gasteiger partial charge in [0.05, 0.1) is 17.6 Å². The highest BCUT2D eigenvalue weighted by Gasteiger charge is 2.34. The molecular weight excluding hydrogens is 444 g/mol. The molecule has 3 aromatic heterocycles. The highest BCUT2D eigenvalue weighted by molar-refractivity contribution is 7.13. The Morgan fingerprint density at radius 3 is 2.68 bits per heavy atom. The quantitative estimate of drug-likeness (QED) is 0.308. The summed E-state index contributed by atoms with van der Waals surface area (Å²) < 4.78 is 13.6. The summed E-state index contributed by atoms with van der Waals surface area (Å²) in [7, 11) is 1.68. The first-order valence-corrected chi connectivity index (χ1v) is 11.8. The van der Waals surface area contributed by atoms with Crippen LogP contribution in [0.15, 0.2) is 84.5 Å². The number of nitrogens with zero attached hydrogens (tertiary/aromatic N) is 4. The number of thiophene rings is 1. The number of methoxy groups -OCH3 is 1. The van der Waals surface area contributed by atoms with Crippen LogP contribution in [0, 0.1) is 0 Å². The normalized spacial score (nSPS) is 14.6. The molecule has 1 aliphatic rings. The number of rotatable bonds is 3. The smallest absolute Gasteiger partial charge is 0.228 e. The second-order valence-corrected chi connectivity index (χ2v) is 9.11. The Balaban J connectivity index is 1.52. The third-order valence-corrected chi connectivity index (χ3v) is 7.15. The highest BCUT2D eigenvalue weighted by atomic mass is 32.1. The molecule has 0 unspecified atom stereocenters. The van der Waals surface area contributed by atoms with Crippen molar-refractivity contribution in [2.75, 3.05) is 7.11 Å². The van der Waals surface area contributed by atoms with Crippen LogP contribution in [0.2, 0.25) is 0 Å². The van der Waals surface area contributed by atoms with E-state index < -0.39 is 0 Å². The predicted octanol–water partition coefficient (Wildman–Crippen LogP) is 6.30. The van der Waals surface area contributed by atoms with E-state index in [4.69, 9.17) is 19.6 Å². The van der Waals surface area contributed by atoms with Crippen LogP contribution in [0.5, 0.6) is 17.4 Å². The minimum absolute atomic E-state index is 0.120. The molecule has 0 N–H and O–H groups in total. The molecule has 0 spiro atoms. The van der Waals surface area contributed by atoms with Gasteiger partial charge in [-0.05, 0) is 34.5 Å². The molecule has 7 heteroatoms. The third-order valence-electron chi connectivity index (χ3n) is 6.29. The Morgan fingerprint density at radius 2 is 1.85 bits per heavy atom. The van der Waals surface area contributed by atoms with E-state index in [1.165, 1.54) is 0 Å². The molecule has 4 heterocycles. The molecule has 6 aromatic rings. The fourth-order valence-corrected chi connectivity index (χ4v) is 5.35. The monoisotopic (exact) mass is 462 g/mol. The number of hydrogen-bond donors (Lipinski definition) is 0. The van der Waals surface area contributed by atoms with E-state index in [1.54, 1.807) is 29.3 Å². The van der Waals surface area contributed by atoms with E-state index in [0.717, 1.165) is 49.5 Å². The van der Waals surface area contributed by atoms with Crippen LogP contribution in [0.25, 0.3) is 27.1 Å². The number of aromatic nitrogens is 4. The highest BCUT2D eigenvalue weighted by Crippen LogP contribution is 2.50. The molecule has 34 heavy (non-hydrogen) atoms. The summed E-state index contributed by atoms with van der Waals surface area (Å²) in [6.45, 7) is 0. The minimum Gasteiger partial charge on any atom is -0.497 e.